The molecule has 0 fully saturated rings. The van der Waals surface area contributed by atoms with Crippen LogP contribution >= 0.6 is 22.9 Å². The number of thiazole rings is 1. The molecule has 0 atom stereocenters. The first-order valence-corrected chi connectivity index (χ1v) is 9.71. The van der Waals surface area contributed by atoms with Gasteiger partial charge >= 0.3 is 0 Å². The van der Waals surface area contributed by atoms with Crippen molar-refractivity contribution in [3.63, 3.8) is 0 Å². The molecule has 1 heterocycles. The van der Waals surface area contributed by atoms with Gasteiger partial charge in [-0.05, 0) is 23.8 Å². The summed E-state index contributed by atoms with van der Waals surface area (Å²) in [5.74, 6) is 0.109. The number of amides is 2. The van der Waals surface area contributed by atoms with E-state index in [1.807, 2.05) is 30.3 Å². The molecule has 0 unspecified atom stereocenters. The minimum atomic E-state index is -0.256. The van der Waals surface area contributed by atoms with Crippen molar-refractivity contribution in [1.82, 2.24) is 4.98 Å². The number of methoxy groups -OCH3 is 1. The summed E-state index contributed by atoms with van der Waals surface area (Å²) in [6.07, 6.45) is 0.339. The minimum absolute atomic E-state index is 0.0702. The third-order valence-electron chi connectivity index (χ3n) is 3.78. The van der Waals surface area contributed by atoms with Crippen LogP contribution in [0.15, 0.2) is 53.9 Å². The van der Waals surface area contributed by atoms with Crippen molar-refractivity contribution in [1.29, 1.82) is 0 Å². The SMILES string of the molecule is COc1ccc(Cl)cc1NC(=O)Cc1csc(NC(=O)Cc2ccccc2)n1. The maximum absolute atomic E-state index is 12.3. The number of nitrogens with zero attached hydrogens (tertiary/aromatic N) is 1. The molecule has 0 aliphatic carbocycles. The van der Waals surface area contributed by atoms with E-state index in [4.69, 9.17) is 16.3 Å². The van der Waals surface area contributed by atoms with Crippen LogP contribution in [0.1, 0.15) is 11.3 Å². The molecule has 0 spiro atoms. The molecule has 28 heavy (non-hydrogen) atoms. The zero-order valence-corrected chi connectivity index (χ0v) is 16.6. The van der Waals surface area contributed by atoms with Crippen molar-refractivity contribution in [2.24, 2.45) is 0 Å². The Morgan fingerprint density at radius 3 is 2.57 bits per heavy atom. The number of hydrogen-bond acceptors (Lipinski definition) is 5. The number of carbonyl (C=O) groups is 2. The summed E-state index contributed by atoms with van der Waals surface area (Å²) in [5.41, 5.74) is 1.98. The maximum atomic E-state index is 12.3. The van der Waals surface area contributed by atoms with E-state index in [-0.39, 0.29) is 24.7 Å². The van der Waals surface area contributed by atoms with Crippen molar-refractivity contribution in [2.75, 3.05) is 17.7 Å². The lowest BCUT2D eigenvalue weighted by atomic mass is 10.1. The van der Waals surface area contributed by atoms with Gasteiger partial charge in [0.15, 0.2) is 5.13 Å². The van der Waals surface area contributed by atoms with Crippen molar-refractivity contribution in [3.05, 3.63) is 70.2 Å². The predicted molar refractivity (Wildman–Crippen MR) is 111 cm³/mol. The largest absolute Gasteiger partial charge is 0.495 e. The summed E-state index contributed by atoms with van der Waals surface area (Å²) in [7, 11) is 1.52. The Bertz CT molecular complexity index is 976. The predicted octanol–water partition coefficient (Wildman–Crippen LogP) is 4.17. The van der Waals surface area contributed by atoms with Crippen LogP contribution in [-0.4, -0.2) is 23.9 Å². The highest BCUT2D eigenvalue weighted by Gasteiger charge is 2.12. The van der Waals surface area contributed by atoms with Crippen LogP contribution in [0.4, 0.5) is 10.8 Å². The number of rotatable bonds is 7. The summed E-state index contributed by atoms with van der Waals surface area (Å²) in [5, 5.41) is 8.22. The second kappa shape index (κ2) is 9.34. The zero-order valence-electron chi connectivity index (χ0n) is 15.1. The quantitative estimate of drug-likeness (QED) is 0.607. The second-order valence-electron chi connectivity index (χ2n) is 5.92. The molecule has 0 saturated carbocycles. The Morgan fingerprint density at radius 1 is 1.07 bits per heavy atom. The molecule has 1 aromatic heterocycles. The van der Waals surface area contributed by atoms with E-state index in [9.17, 15) is 9.59 Å². The molecule has 3 rings (SSSR count). The number of halogens is 1. The highest BCUT2D eigenvalue weighted by Crippen LogP contribution is 2.28. The van der Waals surface area contributed by atoms with Gasteiger partial charge in [0, 0.05) is 10.4 Å². The van der Waals surface area contributed by atoms with Gasteiger partial charge in [-0.15, -0.1) is 11.3 Å². The Labute approximate surface area is 171 Å². The number of aromatic nitrogens is 1. The van der Waals surface area contributed by atoms with Crippen LogP contribution in [0.5, 0.6) is 5.75 Å². The average Bonchev–Trinajstić information content (AvgIpc) is 3.09. The van der Waals surface area contributed by atoms with Gasteiger partial charge in [0.1, 0.15) is 5.75 Å². The molecule has 3 aromatic rings. The molecular formula is C20H18ClN3O3S. The lowest BCUT2D eigenvalue weighted by Gasteiger charge is -2.10. The van der Waals surface area contributed by atoms with Crippen LogP contribution < -0.4 is 15.4 Å². The van der Waals surface area contributed by atoms with Gasteiger partial charge in [0.2, 0.25) is 11.8 Å². The van der Waals surface area contributed by atoms with E-state index in [0.29, 0.717) is 27.3 Å². The molecule has 6 nitrogen and oxygen atoms in total. The van der Waals surface area contributed by atoms with E-state index < -0.39 is 0 Å². The number of nitrogens with one attached hydrogen (secondary N) is 2. The number of benzene rings is 2. The Kier molecular flexibility index (Phi) is 6.62. The Balaban J connectivity index is 1.56. The molecule has 0 bridgehead atoms. The highest BCUT2D eigenvalue weighted by molar-refractivity contribution is 7.13. The standard InChI is InChI=1S/C20H18ClN3O3S/c1-27-17-8-7-14(21)10-16(17)23-19(26)11-15-12-28-20(22-15)24-18(25)9-13-5-3-2-4-6-13/h2-8,10,12H,9,11H2,1H3,(H,23,26)(H,22,24,25). The fourth-order valence-electron chi connectivity index (χ4n) is 2.53. The van der Waals surface area contributed by atoms with Crippen LogP contribution in [0.25, 0.3) is 0 Å². The molecule has 0 radical (unpaired) electrons. The molecule has 0 aliphatic rings. The van der Waals surface area contributed by atoms with Crippen molar-refractivity contribution in [2.45, 2.75) is 12.8 Å². The first-order valence-electron chi connectivity index (χ1n) is 8.45. The Hall–Kier alpha value is -2.90. The van der Waals surface area contributed by atoms with Crippen LogP contribution in [0.2, 0.25) is 5.02 Å². The minimum Gasteiger partial charge on any atom is -0.495 e. The first-order chi connectivity index (χ1) is 13.5. The van der Waals surface area contributed by atoms with Crippen molar-refractivity contribution < 1.29 is 14.3 Å². The summed E-state index contributed by atoms with van der Waals surface area (Å²) in [6.45, 7) is 0. The summed E-state index contributed by atoms with van der Waals surface area (Å²) in [6, 6.07) is 14.4. The van der Waals surface area contributed by atoms with E-state index in [1.165, 1.54) is 18.4 Å². The van der Waals surface area contributed by atoms with Gasteiger partial charge < -0.3 is 15.4 Å². The smallest absolute Gasteiger partial charge is 0.230 e. The molecule has 2 N–H and O–H groups in total. The van der Waals surface area contributed by atoms with Gasteiger partial charge in [-0.2, -0.15) is 0 Å². The van der Waals surface area contributed by atoms with Crippen molar-refractivity contribution in [3.8, 4) is 5.75 Å². The van der Waals surface area contributed by atoms with E-state index >= 15 is 0 Å². The molecule has 2 aromatic carbocycles. The third-order valence-corrected chi connectivity index (χ3v) is 4.82. The lowest BCUT2D eigenvalue weighted by molar-refractivity contribution is -0.116. The molecule has 0 saturated heterocycles. The van der Waals surface area contributed by atoms with Gasteiger partial charge in [0.05, 0.1) is 31.3 Å². The van der Waals surface area contributed by atoms with Gasteiger partial charge in [-0.3, -0.25) is 9.59 Å². The van der Waals surface area contributed by atoms with Crippen LogP contribution in [0, 0.1) is 0 Å². The number of carbonyl (C=O) groups excluding carboxylic acids is 2. The van der Waals surface area contributed by atoms with Crippen LogP contribution in [-0.2, 0) is 22.4 Å². The average molecular weight is 416 g/mol. The third kappa shape index (κ3) is 5.55. The summed E-state index contributed by atoms with van der Waals surface area (Å²) >= 11 is 7.25. The van der Waals surface area contributed by atoms with Gasteiger partial charge in [0.25, 0.3) is 0 Å². The van der Waals surface area contributed by atoms with Gasteiger partial charge in [-0.25, -0.2) is 4.98 Å². The normalized spacial score (nSPS) is 10.4. The molecule has 8 heteroatoms. The number of anilines is 2. The second-order valence-corrected chi connectivity index (χ2v) is 7.22. The summed E-state index contributed by atoms with van der Waals surface area (Å²) < 4.78 is 5.21. The van der Waals surface area contributed by atoms with Crippen LogP contribution in [0.3, 0.4) is 0 Å². The number of ether oxygens (including phenoxy) is 1. The summed E-state index contributed by atoms with van der Waals surface area (Å²) in [4.78, 5) is 28.7. The fourth-order valence-corrected chi connectivity index (χ4v) is 3.43. The zero-order chi connectivity index (χ0) is 19.9. The fraction of sp³-hybridized carbons (Fsp3) is 0.150. The lowest BCUT2D eigenvalue weighted by Crippen LogP contribution is -2.16. The molecule has 2 amide bonds. The van der Waals surface area contributed by atoms with Gasteiger partial charge in [-0.1, -0.05) is 41.9 Å². The van der Waals surface area contributed by atoms with E-state index in [0.717, 1.165) is 5.56 Å². The van der Waals surface area contributed by atoms with E-state index in [1.54, 1.807) is 23.6 Å². The molecule has 144 valence electrons. The first kappa shape index (κ1) is 19.9. The number of hydrogen-bond donors (Lipinski definition) is 2. The molecule has 0 aliphatic heterocycles. The monoisotopic (exact) mass is 415 g/mol. The molecular weight excluding hydrogens is 398 g/mol. The highest BCUT2D eigenvalue weighted by atomic mass is 35.5. The maximum Gasteiger partial charge on any atom is 0.230 e. The van der Waals surface area contributed by atoms with E-state index in [2.05, 4.69) is 15.6 Å². The van der Waals surface area contributed by atoms with Crippen molar-refractivity contribution >= 4 is 45.6 Å². The topological polar surface area (TPSA) is 80.3 Å². The Morgan fingerprint density at radius 2 is 1.82 bits per heavy atom.